The van der Waals surface area contributed by atoms with Gasteiger partial charge in [-0.15, -0.1) is 223 Å². The molecule has 0 atom stereocenters. The fourth-order valence-corrected chi connectivity index (χ4v) is 23.5. The summed E-state index contributed by atoms with van der Waals surface area (Å²) >= 11 is 14.8. The monoisotopic (exact) mass is 2440 g/mol. The summed E-state index contributed by atoms with van der Waals surface area (Å²) in [6.45, 7) is 0. The Bertz CT molecular complexity index is 8610. The van der Waals surface area contributed by atoms with Crippen molar-refractivity contribution in [1.29, 1.82) is 0 Å². The van der Waals surface area contributed by atoms with E-state index in [4.69, 9.17) is 24.9 Å². The molecule has 0 spiro atoms. The molecule has 27 heteroatoms. The number of aromatic nitrogens is 15. The molecule has 12 aromatic carbocycles. The molecular formula is C108H57N15Pt3S9. The number of para-hydroxylation sites is 2. The normalized spacial score (nSPS) is 11.4. The Hall–Kier alpha value is -13.0. The van der Waals surface area contributed by atoms with Crippen LogP contribution in [0.4, 0.5) is 0 Å². The summed E-state index contributed by atoms with van der Waals surface area (Å²) in [5, 5.41) is 27.5. The fraction of sp³-hybridized carbons (Fsp3) is 0. The van der Waals surface area contributed by atoms with Crippen molar-refractivity contribution in [2.24, 2.45) is 0 Å². The van der Waals surface area contributed by atoms with Crippen molar-refractivity contribution in [3.05, 3.63) is 379 Å². The van der Waals surface area contributed by atoms with Gasteiger partial charge in [0.05, 0.1) is 21.6 Å². The molecule has 0 radical (unpaired) electrons. The van der Waals surface area contributed by atoms with E-state index in [0.717, 1.165) is 242 Å². The van der Waals surface area contributed by atoms with Gasteiger partial charge in [-0.25, -0.2) is 24.9 Å². The Kier molecular flexibility index (Phi) is 24.4. The van der Waals surface area contributed by atoms with Crippen LogP contribution < -0.4 is 0 Å². The molecule has 0 bridgehead atoms. The molecule has 0 N–H and O–H groups in total. The van der Waals surface area contributed by atoms with Crippen molar-refractivity contribution >= 4 is 198 Å². The third kappa shape index (κ3) is 16.6. The molecule has 0 aliphatic rings. The van der Waals surface area contributed by atoms with Crippen LogP contribution >= 0.6 is 102 Å². The van der Waals surface area contributed by atoms with Gasteiger partial charge in [0.2, 0.25) is 0 Å². The predicted octanol–water partition coefficient (Wildman–Crippen LogP) is 29.9. The van der Waals surface area contributed by atoms with E-state index in [0.29, 0.717) is 0 Å². The SMILES string of the molecule is [Pt+2].[Pt+2].[Pt+2].[c-]1c(-c2ccc(-c3nccs3)cn2)ccc(-c2nccs2)c1-n1c2[c-]c(-c3nc4ccccc4s3)ccc2c2ccccc21.[c-]1c(-c2ccccn2)cccc1-n1c2[c-]c(-c3nc4cc(-c5nccs5)ccc4s3)ccc2c2cc(-c3nccs3)ccc21.[c-]1c(-c2ccccn2)cccc1-n1c2[c-]c(-c3nc4ccc(-c5nccs5)cc4s3)ccc2c2cc(-c3nccs3)ccc21. The van der Waals surface area contributed by atoms with E-state index in [-0.39, 0.29) is 63.2 Å². The summed E-state index contributed by atoms with van der Waals surface area (Å²) in [7, 11) is 0. The van der Waals surface area contributed by atoms with Gasteiger partial charge in [0.25, 0.3) is 0 Å². The topological polar surface area (TPSA) is 169 Å². The molecule has 0 amide bonds. The average Bonchev–Trinajstić information content (AvgIpc) is 1.59. The number of nitrogens with zero attached hydrogens (tertiary/aromatic N) is 15. The van der Waals surface area contributed by atoms with Gasteiger partial charge in [-0.2, -0.15) is 34.0 Å². The number of hydrogen-bond acceptors (Lipinski definition) is 21. The molecule has 135 heavy (non-hydrogen) atoms. The van der Waals surface area contributed by atoms with Crippen molar-refractivity contribution in [2.75, 3.05) is 0 Å². The van der Waals surface area contributed by atoms with Crippen molar-refractivity contribution in [1.82, 2.24) is 73.5 Å². The first-order valence-electron chi connectivity index (χ1n) is 41.8. The third-order valence-electron chi connectivity index (χ3n) is 22.9. The van der Waals surface area contributed by atoms with E-state index >= 15 is 0 Å². The smallest absolute Gasteiger partial charge is 0.346 e. The standard InChI is InChI=1S/3C36H19N5S3.3Pt/c1-3-7-30-25(5-1)26-12-10-23(35-40-29-6-2-4-8-33(29)44-35)20-31(26)41(30)32-19-22(9-13-27(32)36-38-16-18-43-36)28-14-11-24(21-39-28)34-37-15-17-42-34;1-2-13-37-29(6-1)22-4-3-5-26(18-22)41-31-12-9-23(34-38-14-16-42-34)19-28(31)27-10-7-24(20-32(27)41)36-40-30-11-8-25(21-33(30)44-36)35-39-15-17-43-35;1-2-13-37-29(6-1)22-4-3-5-26(18-22)41-31-11-8-23(34-38-14-16-42-34)19-28(31)27-10-7-25(21-32(27)41)36-40-30-20-24(9-12-33(30)44-36)35-39-15-17-43-35;;;/h1-18,21H;1-17,19,21H;1-17,19-20H;;;/q3*-2;3*+2. The zero-order chi connectivity index (χ0) is 87.1. The Morgan fingerprint density at radius 3 is 1.16 bits per heavy atom. The summed E-state index contributed by atoms with van der Waals surface area (Å²) in [5.41, 5.74) is 26.6. The van der Waals surface area contributed by atoms with Gasteiger partial charge in [-0.3, -0.25) is 19.9 Å². The zero-order valence-electron chi connectivity index (χ0n) is 69.7. The molecule has 15 aromatic heterocycles. The maximum absolute atomic E-state index is 5.05. The second kappa shape index (κ2) is 37.7. The minimum atomic E-state index is 0. The number of thiazole rings is 9. The average molecular weight is 2440 g/mol. The number of pyridine rings is 3. The molecule has 0 aliphatic carbocycles. The molecule has 648 valence electrons. The van der Waals surface area contributed by atoms with Gasteiger partial charge >= 0.3 is 63.2 Å². The third-order valence-corrected chi connectivity index (χ3v) is 31.0. The minimum Gasteiger partial charge on any atom is -0.346 e. The molecule has 0 saturated heterocycles. The molecule has 0 fully saturated rings. The Morgan fingerprint density at radius 1 is 0.230 bits per heavy atom. The van der Waals surface area contributed by atoms with E-state index in [1.54, 1.807) is 102 Å². The van der Waals surface area contributed by atoms with Crippen LogP contribution in [0.15, 0.2) is 343 Å². The van der Waals surface area contributed by atoms with Crippen LogP contribution in [0.25, 0.3) is 242 Å². The first-order valence-corrected chi connectivity index (χ1v) is 49.5. The molecule has 27 rings (SSSR count). The summed E-state index contributed by atoms with van der Waals surface area (Å²) in [6.07, 6.45) is 16.6. The van der Waals surface area contributed by atoms with Crippen LogP contribution in [0.2, 0.25) is 0 Å². The molecule has 0 saturated carbocycles. The largest absolute Gasteiger partial charge is 2.00 e. The first kappa shape index (κ1) is 87.4. The number of rotatable bonds is 15. The first-order chi connectivity index (χ1) is 65.4. The Balaban J connectivity index is 0.000000116. The van der Waals surface area contributed by atoms with Crippen molar-refractivity contribution in [3.63, 3.8) is 0 Å². The molecule has 15 heterocycles. The van der Waals surface area contributed by atoms with E-state index < -0.39 is 0 Å². The van der Waals surface area contributed by atoms with E-state index in [1.807, 2.05) is 137 Å². The van der Waals surface area contributed by atoms with Crippen LogP contribution in [0.5, 0.6) is 0 Å². The predicted molar refractivity (Wildman–Crippen MR) is 548 cm³/mol. The van der Waals surface area contributed by atoms with Crippen LogP contribution in [0, 0.1) is 36.4 Å². The molecule has 0 unspecified atom stereocenters. The van der Waals surface area contributed by atoms with Crippen molar-refractivity contribution in [3.8, 4) is 146 Å². The second-order valence-electron chi connectivity index (χ2n) is 30.7. The van der Waals surface area contributed by atoms with Crippen molar-refractivity contribution < 1.29 is 63.2 Å². The number of benzene rings is 12. The van der Waals surface area contributed by atoms with Gasteiger partial charge in [0, 0.05) is 162 Å². The fourth-order valence-electron chi connectivity index (χ4n) is 16.9. The summed E-state index contributed by atoms with van der Waals surface area (Å²) in [6, 6.07) is 111. The number of hydrogen-bond donors (Lipinski definition) is 0. The molecular weight excluding hydrogens is 2380 g/mol. The maximum atomic E-state index is 5.05. The molecule has 27 aromatic rings. The van der Waals surface area contributed by atoms with Gasteiger partial charge in [-0.1, -0.05) is 101 Å². The molecule has 0 aliphatic heterocycles. The zero-order valence-corrected chi connectivity index (χ0v) is 83.9. The van der Waals surface area contributed by atoms with E-state index in [1.165, 1.54) is 0 Å². The van der Waals surface area contributed by atoms with Gasteiger partial charge in [-0.05, 0) is 157 Å². The quantitative estimate of drug-likeness (QED) is 0.0892. The Labute approximate surface area is 850 Å². The van der Waals surface area contributed by atoms with Gasteiger partial charge < -0.3 is 28.7 Å². The molecule has 15 nitrogen and oxygen atoms in total. The second-order valence-corrected chi connectivity index (χ2v) is 39.2. The van der Waals surface area contributed by atoms with E-state index in [2.05, 4.69) is 291 Å². The van der Waals surface area contributed by atoms with Crippen LogP contribution in [-0.4, -0.2) is 73.5 Å². The van der Waals surface area contributed by atoms with Gasteiger partial charge in [0.1, 0.15) is 25.0 Å². The van der Waals surface area contributed by atoms with Crippen LogP contribution in [0.3, 0.4) is 0 Å². The van der Waals surface area contributed by atoms with Gasteiger partial charge in [0.15, 0.2) is 0 Å². The van der Waals surface area contributed by atoms with Crippen molar-refractivity contribution in [2.45, 2.75) is 0 Å². The van der Waals surface area contributed by atoms with E-state index in [9.17, 15) is 0 Å². The van der Waals surface area contributed by atoms with Crippen LogP contribution in [-0.2, 0) is 63.2 Å². The Morgan fingerprint density at radius 2 is 0.644 bits per heavy atom. The minimum absolute atomic E-state index is 0. The number of fused-ring (bicyclic) bond motifs is 12. The summed E-state index contributed by atoms with van der Waals surface area (Å²) in [5.74, 6) is 0. The maximum Gasteiger partial charge on any atom is 2.00 e. The van der Waals surface area contributed by atoms with Crippen LogP contribution in [0.1, 0.15) is 0 Å². The summed E-state index contributed by atoms with van der Waals surface area (Å²) in [4.78, 5) is 56.2. The summed E-state index contributed by atoms with van der Waals surface area (Å²) < 4.78 is 10.2.